The maximum absolute atomic E-state index is 12.4. The Balaban J connectivity index is 0.000000861. The van der Waals surface area contributed by atoms with Crippen LogP contribution < -0.4 is 5.56 Å². The van der Waals surface area contributed by atoms with Gasteiger partial charge in [-0.3, -0.25) is 9.48 Å². The van der Waals surface area contributed by atoms with Gasteiger partial charge in [0.2, 0.25) is 5.56 Å². The van der Waals surface area contributed by atoms with Crippen LogP contribution in [0.2, 0.25) is 0 Å². The van der Waals surface area contributed by atoms with Gasteiger partial charge in [-0.2, -0.15) is 18.3 Å². The summed E-state index contributed by atoms with van der Waals surface area (Å²) in [6, 6.07) is 3.62. The molecule has 0 saturated heterocycles. The quantitative estimate of drug-likeness (QED) is 0.868. The monoisotopic (exact) mass is 273 g/mol. The highest BCUT2D eigenvalue weighted by Gasteiger charge is 2.34. The maximum Gasteiger partial charge on any atom is 0.435 e. The van der Waals surface area contributed by atoms with E-state index in [-0.39, 0.29) is 11.3 Å². The summed E-state index contributed by atoms with van der Waals surface area (Å²) in [5, 5.41) is 3.38. The molecular weight excluding hydrogens is 259 g/mol. The van der Waals surface area contributed by atoms with Gasteiger partial charge in [0.25, 0.3) is 0 Å². The number of pyridine rings is 1. The summed E-state index contributed by atoms with van der Waals surface area (Å²) in [7, 11) is 1.41. The fraction of sp³-hybridized carbons (Fsp3) is 0.333. The fourth-order valence-electron chi connectivity index (χ4n) is 1.45. The smallest absolute Gasteiger partial charge is 0.328 e. The molecule has 0 saturated carbocycles. The van der Waals surface area contributed by atoms with E-state index in [9.17, 15) is 18.0 Å². The Morgan fingerprint density at radius 3 is 2.32 bits per heavy atom. The predicted octanol–water partition coefficient (Wildman–Crippen LogP) is 2.82. The van der Waals surface area contributed by atoms with Crippen molar-refractivity contribution in [3.05, 3.63) is 40.4 Å². The number of nitrogens with one attached hydrogen (secondary N) is 1. The van der Waals surface area contributed by atoms with Gasteiger partial charge in [-0.15, -0.1) is 0 Å². The lowest BCUT2D eigenvalue weighted by Crippen LogP contribution is -2.06. The van der Waals surface area contributed by atoms with Crippen LogP contribution in [0.4, 0.5) is 13.2 Å². The summed E-state index contributed by atoms with van der Waals surface area (Å²) in [5.74, 6) is 0. The molecule has 0 atom stereocenters. The van der Waals surface area contributed by atoms with Crippen molar-refractivity contribution in [1.29, 1.82) is 0 Å². The van der Waals surface area contributed by atoms with Gasteiger partial charge in [0.1, 0.15) is 0 Å². The number of halogens is 3. The minimum atomic E-state index is -4.47. The third-order valence-corrected chi connectivity index (χ3v) is 2.25. The summed E-state index contributed by atoms with van der Waals surface area (Å²) < 4.78 is 38.4. The molecule has 2 rings (SSSR count). The zero-order valence-electron chi connectivity index (χ0n) is 10.7. The number of H-pyrrole nitrogens is 1. The number of aromatic amines is 1. The summed E-state index contributed by atoms with van der Waals surface area (Å²) >= 11 is 0. The van der Waals surface area contributed by atoms with E-state index in [1.54, 1.807) is 0 Å². The molecule has 0 unspecified atom stereocenters. The standard InChI is InChI=1S/C10H8F3N3O.C2H6/c1-16-7(4-8(15-16)10(11,12)13)6-2-3-9(17)14-5-6;1-2/h2-5H,1H3,(H,14,17);1-2H3. The van der Waals surface area contributed by atoms with Crippen molar-refractivity contribution in [1.82, 2.24) is 14.8 Å². The van der Waals surface area contributed by atoms with E-state index in [0.717, 1.165) is 10.7 Å². The van der Waals surface area contributed by atoms with E-state index < -0.39 is 11.9 Å². The van der Waals surface area contributed by atoms with Crippen molar-refractivity contribution < 1.29 is 13.2 Å². The molecule has 0 spiro atoms. The van der Waals surface area contributed by atoms with E-state index in [1.807, 2.05) is 13.8 Å². The predicted molar refractivity (Wildman–Crippen MR) is 65.6 cm³/mol. The number of hydrogen-bond acceptors (Lipinski definition) is 2. The van der Waals surface area contributed by atoms with Crippen LogP contribution in [0.25, 0.3) is 11.3 Å². The molecular formula is C12H14F3N3O. The summed E-state index contributed by atoms with van der Waals surface area (Å²) in [6.45, 7) is 4.00. The number of aromatic nitrogens is 3. The molecule has 7 heteroatoms. The Kier molecular flexibility index (Phi) is 4.52. The first-order valence-corrected chi connectivity index (χ1v) is 5.68. The van der Waals surface area contributed by atoms with Crippen LogP contribution in [0.1, 0.15) is 19.5 Å². The minimum absolute atomic E-state index is 0.286. The summed E-state index contributed by atoms with van der Waals surface area (Å²) in [5.41, 5.74) is -0.517. The van der Waals surface area contributed by atoms with Crippen molar-refractivity contribution in [2.45, 2.75) is 20.0 Å². The van der Waals surface area contributed by atoms with Gasteiger partial charge < -0.3 is 4.98 Å². The number of rotatable bonds is 1. The molecule has 19 heavy (non-hydrogen) atoms. The molecule has 2 aromatic heterocycles. The molecule has 0 aliphatic heterocycles. The van der Waals surface area contributed by atoms with E-state index in [4.69, 9.17) is 0 Å². The van der Waals surface area contributed by atoms with Gasteiger partial charge in [-0.25, -0.2) is 0 Å². The third-order valence-electron chi connectivity index (χ3n) is 2.25. The van der Waals surface area contributed by atoms with Gasteiger partial charge >= 0.3 is 6.18 Å². The lowest BCUT2D eigenvalue weighted by molar-refractivity contribution is -0.141. The topological polar surface area (TPSA) is 50.7 Å². The van der Waals surface area contributed by atoms with Gasteiger partial charge in [-0.05, 0) is 12.1 Å². The van der Waals surface area contributed by atoms with Crippen LogP contribution in [0.15, 0.2) is 29.2 Å². The fourth-order valence-corrected chi connectivity index (χ4v) is 1.45. The van der Waals surface area contributed by atoms with Gasteiger partial charge in [0, 0.05) is 24.9 Å². The Morgan fingerprint density at radius 2 is 1.89 bits per heavy atom. The van der Waals surface area contributed by atoms with Gasteiger partial charge in [-0.1, -0.05) is 13.8 Å². The highest BCUT2D eigenvalue weighted by molar-refractivity contribution is 5.58. The molecule has 0 bridgehead atoms. The molecule has 2 aromatic rings. The van der Waals surface area contributed by atoms with Crippen molar-refractivity contribution in [2.75, 3.05) is 0 Å². The lowest BCUT2D eigenvalue weighted by atomic mass is 10.2. The molecule has 0 amide bonds. The van der Waals surface area contributed by atoms with Crippen molar-refractivity contribution in [3.63, 3.8) is 0 Å². The van der Waals surface area contributed by atoms with Gasteiger partial charge in [0.15, 0.2) is 5.69 Å². The Bertz CT molecular complexity index is 579. The second-order valence-corrected chi connectivity index (χ2v) is 3.48. The van der Waals surface area contributed by atoms with Crippen molar-refractivity contribution in [3.8, 4) is 11.3 Å². The Hall–Kier alpha value is -2.05. The molecule has 104 valence electrons. The molecule has 4 nitrogen and oxygen atoms in total. The second-order valence-electron chi connectivity index (χ2n) is 3.48. The molecule has 1 N–H and O–H groups in total. The number of nitrogens with zero attached hydrogens (tertiary/aromatic N) is 2. The Labute approximate surface area is 107 Å². The summed E-state index contributed by atoms with van der Waals surface area (Å²) in [6.07, 6.45) is -3.13. The zero-order valence-corrected chi connectivity index (χ0v) is 10.7. The molecule has 2 heterocycles. The average Bonchev–Trinajstić information content (AvgIpc) is 2.75. The van der Waals surface area contributed by atoms with Crippen molar-refractivity contribution >= 4 is 0 Å². The van der Waals surface area contributed by atoms with E-state index in [1.165, 1.54) is 25.4 Å². The second kappa shape index (κ2) is 5.73. The van der Waals surface area contributed by atoms with Crippen molar-refractivity contribution in [2.24, 2.45) is 7.05 Å². The molecule has 0 aliphatic rings. The van der Waals surface area contributed by atoms with E-state index in [2.05, 4.69) is 10.1 Å². The first-order chi connectivity index (χ1) is 8.88. The van der Waals surface area contributed by atoms with Crippen LogP contribution in [0.3, 0.4) is 0 Å². The summed E-state index contributed by atoms with van der Waals surface area (Å²) in [4.78, 5) is 13.2. The number of alkyl halides is 3. The van der Waals surface area contributed by atoms with E-state index in [0.29, 0.717) is 5.56 Å². The third kappa shape index (κ3) is 3.46. The SMILES string of the molecule is CC.Cn1nc(C(F)(F)F)cc1-c1ccc(=O)[nH]c1. The molecule has 0 fully saturated rings. The van der Waals surface area contributed by atoms with Crippen LogP contribution in [-0.2, 0) is 13.2 Å². The Morgan fingerprint density at radius 1 is 1.26 bits per heavy atom. The van der Waals surface area contributed by atoms with Crippen LogP contribution >= 0.6 is 0 Å². The number of hydrogen-bond donors (Lipinski definition) is 1. The largest absolute Gasteiger partial charge is 0.435 e. The highest BCUT2D eigenvalue weighted by atomic mass is 19.4. The van der Waals surface area contributed by atoms with Crippen LogP contribution in [-0.4, -0.2) is 14.8 Å². The van der Waals surface area contributed by atoms with Gasteiger partial charge in [0.05, 0.1) is 5.69 Å². The normalized spacial score (nSPS) is 10.8. The minimum Gasteiger partial charge on any atom is -0.328 e. The lowest BCUT2D eigenvalue weighted by Gasteiger charge is -1.99. The first kappa shape index (κ1) is 15.0. The number of aryl methyl sites for hydroxylation is 1. The molecule has 0 aliphatic carbocycles. The van der Waals surface area contributed by atoms with Crippen LogP contribution in [0.5, 0.6) is 0 Å². The first-order valence-electron chi connectivity index (χ1n) is 5.68. The van der Waals surface area contributed by atoms with Crippen LogP contribution in [0, 0.1) is 0 Å². The average molecular weight is 273 g/mol. The molecule has 0 aromatic carbocycles. The maximum atomic E-state index is 12.4. The highest BCUT2D eigenvalue weighted by Crippen LogP contribution is 2.30. The zero-order chi connectivity index (χ0) is 14.6. The van der Waals surface area contributed by atoms with E-state index >= 15 is 0 Å². The molecule has 0 radical (unpaired) electrons.